The van der Waals surface area contributed by atoms with Gasteiger partial charge in [-0.05, 0) is 17.9 Å². The quantitative estimate of drug-likeness (QED) is 0.665. The van der Waals surface area contributed by atoms with Crippen LogP contribution in [0, 0.1) is 5.41 Å². The number of pyridine rings is 1. The first kappa shape index (κ1) is 9.38. The Morgan fingerprint density at radius 1 is 1.29 bits per heavy atom. The van der Waals surface area contributed by atoms with Crippen LogP contribution in [-0.2, 0) is 12.8 Å². The zero-order chi connectivity index (χ0) is 10.2. The molecule has 2 rings (SSSR count). The maximum atomic E-state index is 4.54. The smallest absolute Gasteiger partial charge is 0.155 e. The van der Waals surface area contributed by atoms with E-state index in [1.807, 2.05) is 6.21 Å². The van der Waals surface area contributed by atoms with Crippen molar-refractivity contribution in [3.63, 3.8) is 0 Å². The van der Waals surface area contributed by atoms with E-state index in [2.05, 4.69) is 42.9 Å². The third kappa shape index (κ3) is 2.00. The molecule has 0 radical (unpaired) electrons. The number of nitrogens with zero attached hydrogens (tertiary/aromatic N) is 2. The van der Waals surface area contributed by atoms with Crippen molar-refractivity contribution in [3.05, 3.63) is 23.4 Å². The van der Waals surface area contributed by atoms with Gasteiger partial charge in [0.05, 0.1) is 0 Å². The summed E-state index contributed by atoms with van der Waals surface area (Å²) in [6.07, 6.45) is 3.88. The van der Waals surface area contributed by atoms with E-state index in [4.69, 9.17) is 0 Å². The van der Waals surface area contributed by atoms with Crippen molar-refractivity contribution in [2.75, 3.05) is 0 Å². The van der Waals surface area contributed by atoms with Crippen molar-refractivity contribution in [1.29, 1.82) is 0 Å². The van der Waals surface area contributed by atoms with Gasteiger partial charge < -0.3 is 0 Å². The monoisotopic (exact) mass is 188 g/mol. The lowest BCUT2D eigenvalue weighted by Crippen LogP contribution is -2.10. The van der Waals surface area contributed by atoms with E-state index in [1.54, 1.807) is 0 Å². The van der Waals surface area contributed by atoms with Gasteiger partial charge in [-0.15, -0.1) is 0 Å². The molecule has 14 heavy (non-hydrogen) atoms. The predicted octanol–water partition coefficient (Wildman–Crippen LogP) is 2.93. The van der Waals surface area contributed by atoms with Crippen molar-refractivity contribution < 1.29 is 0 Å². The fourth-order valence-corrected chi connectivity index (χ4v) is 1.66. The van der Waals surface area contributed by atoms with Crippen LogP contribution in [0.3, 0.4) is 0 Å². The van der Waals surface area contributed by atoms with Crippen LogP contribution in [0.4, 0.5) is 5.82 Å². The first-order valence-electron chi connectivity index (χ1n) is 5.06. The predicted molar refractivity (Wildman–Crippen MR) is 59.3 cm³/mol. The molecule has 0 N–H and O–H groups in total. The standard InChI is InChI=1S/C12H16N2/c1-12(2,3)8-10-5-4-9-6-7-13-11(9)14-10/h4-5,7H,6,8H2,1-3H3. The Balaban J connectivity index is 2.25. The van der Waals surface area contributed by atoms with E-state index >= 15 is 0 Å². The topological polar surface area (TPSA) is 25.2 Å². The summed E-state index contributed by atoms with van der Waals surface area (Å²) in [5.41, 5.74) is 2.70. The Hall–Kier alpha value is -1.18. The largest absolute Gasteiger partial charge is 0.241 e. The molecule has 74 valence electrons. The summed E-state index contributed by atoms with van der Waals surface area (Å²) >= 11 is 0. The maximum Gasteiger partial charge on any atom is 0.155 e. The Bertz CT molecular complexity index is 372. The highest BCUT2D eigenvalue weighted by Crippen LogP contribution is 2.25. The van der Waals surface area contributed by atoms with Gasteiger partial charge in [0.15, 0.2) is 5.82 Å². The first-order chi connectivity index (χ1) is 6.54. The molecule has 0 bridgehead atoms. The van der Waals surface area contributed by atoms with E-state index < -0.39 is 0 Å². The SMILES string of the molecule is CC(C)(C)Cc1ccc2c(n1)N=CC2. The molecule has 0 spiro atoms. The summed E-state index contributed by atoms with van der Waals surface area (Å²) in [5.74, 6) is 0.923. The van der Waals surface area contributed by atoms with Gasteiger partial charge in [-0.1, -0.05) is 26.8 Å². The molecular formula is C12H16N2. The number of hydrogen-bond acceptors (Lipinski definition) is 2. The van der Waals surface area contributed by atoms with Crippen LogP contribution in [-0.4, -0.2) is 11.2 Å². The average molecular weight is 188 g/mol. The van der Waals surface area contributed by atoms with E-state index in [-0.39, 0.29) is 0 Å². The lowest BCUT2D eigenvalue weighted by molar-refractivity contribution is 0.406. The minimum absolute atomic E-state index is 0.295. The van der Waals surface area contributed by atoms with Crippen molar-refractivity contribution in [2.24, 2.45) is 10.4 Å². The zero-order valence-electron chi connectivity index (χ0n) is 9.04. The number of rotatable bonds is 1. The van der Waals surface area contributed by atoms with Crippen LogP contribution in [0.2, 0.25) is 0 Å². The highest BCUT2D eigenvalue weighted by molar-refractivity contribution is 5.73. The molecule has 2 nitrogen and oxygen atoms in total. The Morgan fingerprint density at radius 3 is 2.79 bits per heavy atom. The molecule has 0 saturated heterocycles. The maximum absolute atomic E-state index is 4.54. The van der Waals surface area contributed by atoms with Gasteiger partial charge in [0.25, 0.3) is 0 Å². The third-order valence-corrected chi connectivity index (χ3v) is 2.25. The minimum Gasteiger partial charge on any atom is -0.241 e. The normalized spacial score (nSPS) is 14.5. The summed E-state index contributed by atoms with van der Waals surface area (Å²) in [7, 11) is 0. The highest BCUT2D eigenvalue weighted by Gasteiger charge is 2.14. The number of aliphatic imine (C=N–C) groups is 1. The van der Waals surface area contributed by atoms with E-state index in [0.717, 1.165) is 24.4 Å². The second-order valence-corrected chi connectivity index (χ2v) is 5.04. The molecule has 1 aliphatic heterocycles. The van der Waals surface area contributed by atoms with E-state index in [9.17, 15) is 0 Å². The highest BCUT2D eigenvalue weighted by atomic mass is 14.9. The molecule has 1 aromatic heterocycles. The Labute approximate surface area is 85.1 Å². The van der Waals surface area contributed by atoms with Gasteiger partial charge >= 0.3 is 0 Å². The van der Waals surface area contributed by atoms with Crippen LogP contribution in [0.1, 0.15) is 32.0 Å². The summed E-state index contributed by atoms with van der Waals surface area (Å²) in [6.45, 7) is 6.68. The molecule has 0 atom stereocenters. The first-order valence-corrected chi connectivity index (χ1v) is 5.06. The molecule has 2 heterocycles. The number of fused-ring (bicyclic) bond motifs is 1. The molecule has 0 fully saturated rings. The lowest BCUT2D eigenvalue weighted by atomic mass is 9.90. The summed E-state index contributed by atoms with van der Waals surface area (Å²) in [4.78, 5) is 8.79. The van der Waals surface area contributed by atoms with Gasteiger partial charge in [0.2, 0.25) is 0 Å². The molecule has 0 aliphatic carbocycles. The van der Waals surface area contributed by atoms with Gasteiger partial charge in [0.1, 0.15) is 0 Å². The molecule has 0 amide bonds. The second kappa shape index (κ2) is 3.19. The van der Waals surface area contributed by atoms with Gasteiger partial charge in [0, 0.05) is 23.9 Å². The molecule has 2 heteroatoms. The molecule has 0 saturated carbocycles. The average Bonchev–Trinajstić information content (AvgIpc) is 2.47. The number of aromatic nitrogens is 1. The van der Waals surface area contributed by atoms with Crippen molar-refractivity contribution in [1.82, 2.24) is 4.98 Å². The van der Waals surface area contributed by atoms with Gasteiger partial charge in [-0.2, -0.15) is 0 Å². The molecule has 0 aromatic carbocycles. The fourth-order valence-electron chi connectivity index (χ4n) is 1.66. The summed E-state index contributed by atoms with van der Waals surface area (Å²) in [6, 6.07) is 4.27. The van der Waals surface area contributed by atoms with Gasteiger partial charge in [-0.3, -0.25) is 0 Å². The molecule has 1 aromatic rings. The van der Waals surface area contributed by atoms with Crippen LogP contribution in [0.15, 0.2) is 17.1 Å². The van der Waals surface area contributed by atoms with Crippen LogP contribution >= 0.6 is 0 Å². The third-order valence-electron chi connectivity index (χ3n) is 2.25. The van der Waals surface area contributed by atoms with Crippen LogP contribution < -0.4 is 0 Å². The fraction of sp³-hybridized carbons (Fsp3) is 0.500. The Morgan fingerprint density at radius 2 is 2.07 bits per heavy atom. The second-order valence-electron chi connectivity index (χ2n) is 5.04. The van der Waals surface area contributed by atoms with Crippen LogP contribution in [0.25, 0.3) is 0 Å². The van der Waals surface area contributed by atoms with Crippen molar-refractivity contribution in [2.45, 2.75) is 33.6 Å². The molecule has 0 unspecified atom stereocenters. The van der Waals surface area contributed by atoms with Crippen molar-refractivity contribution in [3.8, 4) is 0 Å². The molecule has 1 aliphatic rings. The molecular weight excluding hydrogens is 172 g/mol. The minimum atomic E-state index is 0.295. The number of hydrogen-bond donors (Lipinski definition) is 0. The van der Waals surface area contributed by atoms with E-state index in [1.165, 1.54) is 5.56 Å². The van der Waals surface area contributed by atoms with Crippen molar-refractivity contribution >= 4 is 12.0 Å². The lowest BCUT2D eigenvalue weighted by Gasteiger charge is -2.17. The van der Waals surface area contributed by atoms with E-state index in [0.29, 0.717) is 5.41 Å². The zero-order valence-corrected chi connectivity index (χ0v) is 9.04. The van der Waals surface area contributed by atoms with Crippen LogP contribution in [0.5, 0.6) is 0 Å². The summed E-state index contributed by atoms with van der Waals surface area (Å²) in [5, 5.41) is 0. The summed E-state index contributed by atoms with van der Waals surface area (Å²) < 4.78 is 0. The Kier molecular flexibility index (Phi) is 2.14. The van der Waals surface area contributed by atoms with Gasteiger partial charge in [-0.25, -0.2) is 9.98 Å².